The number of halogens is 1. The Balaban J connectivity index is 1.74. The molecule has 0 spiro atoms. The highest BCUT2D eigenvalue weighted by atomic mass is 19.1. The van der Waals surface area contributed by atoms with Gasteiger partial charge in [-0.15, -0.1) is 0 Å². The predicted molar refractivity (Wildman–Crippen MR) is 75.1 cm³/mol. The number of nitrogens with zero attached hydrogens (tertiary/aromatic N) is 1. The van der Waals surface area contributed by atoms with Gasteiger partial charge < -0.3 is 10.6 Å². The van der Waals surface area contributed by atoms with Crippen molar-refractivity contribution in [1.29, 1.82) is 0 Å². The molecular formula is C15H20FN3O. The van der Waals surface area contributed by atoms with E-state index in [4.69, 9.17) is 0 Å². The first-order chi connectivity index (χ1) is 9.67. The predicted octanol–water partition coefficient (Wildman–Crippen LogP) is 2.57. The molecule has 0 radical (unpaired) electrons. The van der Waals surface area contributed by atoms with Crippen LogP contribution in [0.4, 0.5) is 10.2 Å². The third kappa shape index (κ3) is 2.49. The molecule has 20 heavy (non-hydrogen) atoms. The van der Waals surface area contributed by atoms with Gasteiger partial charge in [0.05, 0.1) is 11.8 Å². The molecule has 2 aliphatic rings. The number of rotatable bonds is 4. The number of nitrogens with one attached hydrogen (secondary N) is 2. The first-order valence-corrected chi connectivity index (χ1v) is 7.37. The minimum absolute atomic E-state index is 0.217. The molecule has 0 aliphatic heterocycles. The van der Waals surface area contributed by atoms with E-state index in [0.29, 0.717) is 23.8 Å². The molecular weight excluding hydrogens is 257 g/mol. The zero-order chi connectivity index (χ0) is 14.1. The highest BCUT2D eigenvalue weighted by molar-refractivity contribution is 5.98. The van der Waals surface area contributed by atoms with Gasteiger partial charge >= 0.3 is 0 Å². The van der Waals surface area contributed by atoms with Gasteiger partial charge in [-0.25, -0.2) is 9.37 Å². The Kier molecular flexibility index (Phi) is 3.59. The lowest BCUT2D eigenvalue weighted by Gasteiger charge is -2.23. The van der Waals surface area contributed by atoms with Crippen molar-refractivity contribution in [3.05, 3.63) is 23.6 Å². The van der Waals surface area contributed by atoms with E-state index in [-0.39, 0.29) is 11.9 Å². The molecule has 108 valence electrons. The number of hydrogen-bond donors (Lipinski definition) is 2. The maximum absolute atomic E-state index is 13.3. The van der Waals surface area contributed by atoms with E-state index in [0.717, 1.165) is 18.5 Å². The molecule has 2 bridgehead atoms. The molecule has 4 nitrogen and oxygen atoms in total. The van der Waals surface area contributed by atoms with Gasteiger partial charge in [-0.05, 0) is 44.1 Å². The molecule has 2 saturated carbocycles. The van der Waals surface area contributed by atoms with Gasteiger partial charge in [0.15, 0.2) is 0 Å². The van der Waals surface area contributed by atoms with Crippen molar-refractivity contribution in [3.63, 3.8) is 0 Å². The average molecular weight is 277 g/mol. The molecule has 0 aromatic carbocycles. The smallest absolute Gasteiger partial charge is 0.255 e. The van der Waals surface area contributed by atoms with Gasteiger partial charge in [-0.2, -0.15) is 0 Å². The lowest BCUT2D eigenvalue weighted by Crippen LogP contribution is -2.38. The summed E-state index contributed by atoms with van der Waals surface area (Å²) in [7, 11) is 0. The number of pyridine rings is 1. The summed E-state index contributed by atoms with van der Waals surface area (Å²) in [6.07, 6.45) is 5.92. The van der Waals surface area contributed by atoms with E-state index in [1.54, 1.807) is 0 Å². The second-order valence-electron chi connectivity index (χ2n) is 5.83. The van der Waals surface area contributed by atoms with Crippen LogP contribution in [0.25, 0.3) is 0 Å². The summed E-state index contributed by atoms with van der Waals surface area (Å²) in [6.45, 7) is 2.57. The lowest BCUT2D eigenvalue weighted by atomic mass is 9.95. The molecule has 0 saturated heterocycles. The van der Waals surface area contributed by atoms with Crippen molar-refractivity contribution in [2.75, 3.05) is 11.9 Å². The SMILES string of the molecule is CCNc1ncc(F)cc1C(=O)NC1CC2CCC1C2. The van der Waals surface area contributed by atoms with E-state index in [1.165, 1.54) is 25.3 Å². The third-order valence-electron chi connectivity index (χ3n) is 4.50. The summed E-state index contributed by atoms with van der Waals surface area (Å²) >= 11 is 0. The fourth-order valence-corrected chi connectivity index (χ4v) is 3.59. The fraction of sp³-hybridized carbons (Fsp3) is 0.600. The van der Waals surface area contributed by atoms with Gasteiger partial charge in [-0.1, -0.05) is 6.42 Å². The number of anilines is 1. The molecule has 1 amide bonds. The van der Waals surface area contributed by atoms with E-state index < -0.39 is 5.82 Å². The fourth-order valence-electron chi connectivity index (χ4n) is 3.59. The monoisotopic (exact) mass is 277 g/mol. The number of fused-ring (bicyclic) bond motifs is 2. The van der Waals surface area contributed by atoms with Crippen LogP contribution in [0.1, 0.15) is 43.0 Å². The molecule has 3 atom stereocenters. The topological polar surface area (TPSA) is 54.0 Å². The highest BCUT2D eigenvalue weighted by Gasteiger charge is 2.40. The number of amides is 1. The summed E-state index contributed by atoms with van der Waals surface area (Å²) in [5.74, 6) is 1.13. The number of hydrogen-bond acceptors (Lipinski definition) is 3. The number of aromatic nitrogens is 1. The van der Waals surface area contributed by atoms with Crippen LogP contribution in [0, 0.1) is 17.7 Å². The first kappa shape index (κ1) is 13.3. The Bertz CT molecular complexity index is 520. The van der Waals surface area contributed by atoms with Crippen LogP contribution in [-0.4, -0.2) is 23.5 Å². The molecule has 5 heteroatoms. The summed E-state index contributed by atoms with van der Waals surface area (Å²) < 4.78 is 13.3. The van der Waals surface area contributed by atoms with Gasteiger partial charge in [-0.3, -0.25) is 4.79 Å². The third-order valence-corrected chi connectivity index (χ3v) is 4.50. The van der Waals surface area contributed by atoms with Crippen LogP contribution in [0.15, 0.2) is 12.3 Å². The summed E-state index contributed by atoms with van der Waals surface area (Å²) in [6, 6.07) is 1.51. The van der Waals surface area contributed by atoms with Crippen LogP contribution >= 0.6 is 0 Å². The Hall–Kier alpha value is -1.65. The van der Waals surface area contributed by atoms with E-state index in [1.807, 2.05) is 6.92 Å². The first-order valence-electron chi connectivity index (χ1n) is 7.37. The average Bonchev–Trinajstić information content (AvgIpc) is 3.03. The highest BCUT2D eigenvalue weighted by Crippen LogP contribution is 2.44. The van der Waals surface area contributed by atoms with Crippen LogP contribution < -0.4 is 10.6 Å². The second-order valence-corrected chi connectivity index (χ2v) is 5.83. The Morgan fingerprint density at radius 1 is 1.45 bits per heavy atom. The Morgan fingerprint density at radius 2 is 2.30 bits per heavy atom. The Labute approximate surface area is 118 Å². The molecule has 2 aliphatic carbocycles. The van der Waals surface area contributed by atoms with Gasteiger partial charge in [0.25, 0.3) is 5.91 Å². The molecule has 2 fully saturated rings. The molecule has 1 heterocycles. The van der Waals surface area contributed by atoms with Crippen LogP contribution in [0.3, 0.4) is 0 Å². The number of carbonyl (C=O) groups is 1. The van der Waals surface area contributed by atoms with Crippen molar-refractivity contribution < 1.29 is 9.18 Å². The van der Waals surface area contributed by atoms with E-state index in [2.05, 4.69) is 15.6 Å². The minimum Gasteiger partial charge on any atom is -0.370 e. The van der Waals surface area contributed by atoms with Crippen LogP contribution in [0.5, 0.6) is 0 Å². The van der Waals surface area contributed by atoms with Gasteiger partial charge in [0, 0.05) is 12.6 Å². The number of carbonyl (C=O) groups excluding carboxylic acids is 1. The van der Waals surface area contributed by atoms with Crippen molar-refractivity contribution in [2.45, 2.75) is 38.6 Å². The summed E-state index contributed by atoms with van der Waals surface area (Å²) in [5.41, 5.74) is 0.301. The summed E-state index contributed by atoms with van der Waals surface area (Å²) in [5, 5.41) is 6.07. The molecule has 3 rings (SSSR count). The van der Waals surface area contributed by atoms with E-state index >= 15 is 0 Å². The molecule has 2 N–H and O–H groups in total. The van der Waals surface area contributed by atoms with E-state index in [9.17, 15) is 9.18 Å². The minimum atomic E-state index is -0.482. The van der Waals surface area contributed by atoms with Crippen molar-refractivity contribution in [1.82, 2.24) is 10.3 Å². The molecule has 1 aromatic heterocycles. The zero-order valence-corrected chi connectivity index (χ0v) is 11.7. The molecule has 3 unspecified atom stereocenters. The maximum atomic E-state index is 13.3. The van der Waals surface area contributed by atoms with Crippen molar-refractivity contribution >= 4 is 11.7 Å². The largest absolute Gasteiger partial charge is 0.370 e. The molecule has 1 aromatic rings. The standard InChI is InChI=1S/C15H20FN3O/c1-2-17-14-12(7-11(16)8-18-14)15(20)19-13-6-9-3-4-10(13)5-9/h7-10,13H,2-6H2,1H3,(H,17,18)(H,19,20). The lowest BCUT2D eigenvalue weighted by molar-refractivity contribution is 0.0923. The van der Waals surface area contributed by atoms with Crippen LogP contribution in [-0.2, 0) is 0 Å². The quantitative estimate of drug-likeness (QED) is 0.889. The van der Waals surface area contributed by atoms with Gasteiger partial charge in [0.2, 0.25) is 0 Å². The summed E-state index contributed by atoms with van der Waals surface area (Å²) in [4.78, 5) is 16.3. The second kappa shape index (κ2) is 5.38. The van der Waals surface area contributed by atoms with Crippen molar-refractivity contribution in [2.24, 2.45) is 11.8 Å². The maximum Gasteiger partial charge on any atom is 0.255 e. The van der Waals surface area contributed by atoms with Gasteiger partial charge in [0.1, 0.15) is 11.6 Å². The normalized spacial score (nSPS) is 27.6. The van der Waals surface area contributed by atoms with Crippen molar-refractivity contribution in [3.8, 4) is 0 Å². The van der Waals surface area contributed by atoms with Crippen LogP contribution in [0.2, 0.25) is 0 Å². The Morgan fingerprint density at radius 3 is 2.95 bits per heavy atom. The zero-order valence-electron chi connectivity index (χ0n) is 11.7.